The van der Waals surface area contributed by atoms with E-state index in [2.05, 4.69) is 79.3 Å². The number of unbranched alkanes of at least 4 members (excludes halogenated alkanes) is 2. The van der Waals surface area contributed by atoms with E-state index in [4.69, 9.17) is 21.2 Å². The van der Waals surface area contributed by atoms with Crippen LogP contribution in [0.3, 0.4) is 0 Å². The summed E-state index contributed by atoms with van der Waals surface area (Å²) in [5, 5.41) is 0. The van der Waals surface area contributed by atoms with Crippen molar-refractivity contribution in [1.82, 2.24) is 0 Å². The molecule has 0 aliphatic heterocycles. The molecule has 0 saturated carbocycles. The van der Waals surface area contributed by atoms with Gasteiger partial charge in [-0.1, -0.05) is 46.1 Å². The molecule has 6 nitrogen and oxygen atoms in total. The van der Waals surface area contributed by atoms with Gasteiger partial charge in [-0.2, -0.15) is 0 Å². The van der Waals surface area contributed by atoms with E-state index in [0.29, 0.717) is 18.6 Å². The first kappa shape index (κ1) is 35.1. The SMILES string of the molecule is C=C(C)C(=O)OCCC[Si](C)(O[Si](C)(C)O[Si](C)(C)CCCC)O[Si](C)(C)O[Si](C)(C)CCCC. The Hall–Kier alpha value is 0.134. The fourth-order valence-electron chi connectivity index (χ4n) is 4.52. The molecule has 0 aromatic heterocycles. The summed E-state index contributed by atoms with van der Waals surface area (Å²) < 4.78 is 32.7. The third-order valence-electron chi connectivity index (χ3n) is 5.59. The van der Waals surface area contributed by atoms with Gasteiger partial charge >= 0.3 is 31.7 Å². The lowest BCUT2D eigenvalue weighted by molar-refractivity contribution is -0.138. The van der Waals surface area contributed by atoms with Crippen LogP contribution >= 0.6 is 0 Å². The van der Waals surface area contributed by atoms with Crippen LogP contribution in [-0.4, -0.2) is 54.9 Å². The normalized spacial score (nSPS) is 13.7. The lowest BCUT2D eigenvalue weighted by atomic mass is 10.4. The van der Waals surface area contributed by atoms with Crippen LogP contribution in [0.25, 0.3) is 0 Å². The summed E-state index contributed by atoms with van der Waals surface area (Å²) in [6.07, 6.45) is 5.42. The molecular formula is C24H56O6Si5. The molecule has 0 aromatic rings. The quantitative estimate of drug-likeness (QED) is 0.0666. The van der Waals surface area contributed by atoms with Crippen molar-refractivity contribution in [3.05, 3.63) is 12.2 Å². The highest BCUT2D eigenvalue weighted by Crippen LogP contribution is 2.31. The zero-order valence-electron chi connectivity index (χ0n) is 25.0. The summed E-state index contributed by atoms with van der Waals surface area (Å²) >= 11 is 0. The van der Waals surface area contributed by atoms with E-state index >= 15 is 0 Å². The zero-order chi connectivity index (χ0) is 27.6. The Kier molecular flexibility index (Phi) is 15.0. The van der Waals surface area contributed by atoms with E-state index in [1.165, 1.54) is 25.7 Å². The minimum absolute atomic E-state index is 0.334. The lowest BCUT2D eigenvalue weighted by Gasteiger charge is -2.44. The molecule has 0 aliphatic carbocycles. The van der Waals surface area contributed by atoms with Gasteiger partial charge in [-0.3, -0.25) is 0 Å². The van der Waals surface area contributed by atoms with E-state index in [0.717, 1.165) is 18.1 Å². The molecule has 208 valence electrons. The molecule has 11 heteroatoms. The van der Waals surface area contributed by atoms with E-state index in [9.17, 15) is 4.79 Å². The maximum absolute atomic E-state index is 11.8. The van der Waals surface area contributed by atoms with Crippen LogP contribution in [-0.2, 0) is 26.0 Å². The predicted octanol–water partition coefficient (Wildman–Crippen LogP) is 8.05. The van der Waals surface area contributed by atoms with Crippen molar-refractivity contribution in [1.29, 1.82) is 0 Å². The van der Waals surface area contributed by atoms with Crippen LogP contribution in [0.4, 0.5) is 0 Å². The van der Waals surface area contributed by atoms with Crippen LogP contribution < -0.4 is 0 Å². The molecule has 0 amide bonds. The Morgan fingerprint density at radius 2 is 1.06 bits per heavy atom. The van der Waals surface area contributed by atoms with Gasteiger partial charge in [-0.25, -0.2) is 4.79 Å². The Morgan fingerprint density at radius 1 is 0.657 bits per heavy atom. The first-order valence-electron chi connectivity index (χ1n) is 13.4. The zero-order valence-corrected chi connectivity index (χ0v) is 30.0. The van der Waals surface area contributed by atoms with Gasteiger partial charge in [0.05, 0.1) is 6.61 Å². The van der Waals surface area contributed by atoms with E-state index < -0.39 is 42.3 Å². The number of rotatable bonds is 19. The number of carbonyl (C=O) groups excluding carboxylic acids is 1. The van der Waals surface area contributed by atoms with Crippen LogP contribution in [0.15, 0.2) is 12.2 Å². The summed E-state index contributed by atoms with van der Waals surface area (Å²) in [7, 11) is -11.2. The van der Waals surface area contributed by atoms with Crippen molar-refractivity contribution in [2.75, 3.05) is 6.61 Å². The van der Waals surface area contributed by atoms with Gasteiger partial charge in [0.15, 0.2) is 16.6 Å². The molecule has 0 heterocycles. The topological polar surface area (TPSA) is 63.2 Å². The summed E-state index contributed by atoms with van der Waals surface area (Å²) in [6.45, 7) is 30.0. The standard InChI is InChI=1S/C24H56O6Si5/c1-14-16-20-31(5,6)27-33(9,10)29-35(13,22-18-19-26-24(25)23(3)4)30-34(11,12)28-32(7,8)21-17-15-2/h3,14-22H2,1-2,4-13H3. The van der Waals surface area contributed by atoms with Gasteiger partial charge in [-0.05, 0) is 90.4 Å². The average molecular weight is 581 g/mol. The first-order valence-corrected chi connectivity index (χ1v) is 27.8. The number of esters is 1. The highest BCUT2D eigenvalue weighted by atomic mass is 28.5. The molecule has 0 saturated heterocycles. The fourth-order valence-corrected chi connectivity index (χ4v) is 29.9. The van der Waals surface area contributed by atoms with Gasteiger partial charge in [0, 0.05) is 5.57 Å². The third kappa shape index (κ3) is 16.6. The summed E-state index contributed by atoms with van der Waals surface area (Å²) in [6, 6.07) is 3.00. The van der Waals surface area contributed by atoms with Crippen LogP contribution in [0, 0.1) is 0 Å². The minimum Gasteiger partial charge on any atom is -0.462 e. The highest BCUT2D eigenvalue weighted by molar-refractivity contribution is 6.90. The van der Waals surface area contributed by atoms with E-state index in [1.807, 2.05) is 0 Å². The molecule has 0 rings (SSSR count). The van der Waals surface area contributed by atoms with E-state index in [-0.39, 0.29) is 5.97 Å². The summed E-state index contributed by atoms with van der Waals surface area (Å²) in [5.41, 5.74) is 0.417. The number of ether oxygens (including phenoxy) is 1. The lowest BCUT2D eigenvalue weighted by Crippen LogP contribution is -2.59. The molecule has 0 unspecified atom stereocenters. The Morgan fingerprint density at radius 3 is 1.40 bits per heavy atom. The average Bonchev–Trinajstić information content (AvgIpc) is 2.65. The van der Waals surface area contributed by atoms with E-state index in [1.54, 1.807) is 6.92 Å². The number of carbonyl (C=O) groups is 1. The van der Waals surface area contributed by atoms with Crippen molar-refractivity contribution in [2.24, 2.45) is 0 Å². The number of hydrogen-bond donors (Lipinski definition) is 0. The maximum Gasteiger partial charge on any atom is 0.333 e. The Bertz CT molecular complexity index is 631. The molecule has 0 fully saturated rings. The molecule has 0 atom stereocenters. The van der Waals surface area contributed by atoms with Crippen LogP contribution in [0.5, 0.6) is 0 Å². The molecule has 35 heavy (non-hydrogen) atoms. The molecule has 0 aliphatic rings. The molecule has 0 radical (unpaired) electrons. The van der Waals surface area contributed by atoms with Gasteiger partial charge in [0.1, 0.15) is 0 Å². The molecular weight excluding hydrogens is 525 g/mol. The second-order valence-corrected chi connectivity index (χ2v) is 31.8. The molecule has 0 N–H and O–H groups in total. The summed E-state index contributed by atoms with van der Waals surface area (Å²) in [4.78, 5) is 11.8. The first-order chi connectivity index (χ1) is 15.8. The van der Waals surface area contributed by atoms with Crippen molar-refractivity contribution in [3.63, 3.8) is 0 Å². The second kappa shape index (κ2) is 14.9. The number of hydrogen-bond acceptors (Lipinski definition) is 6. The second-order valence-electron chi connectivity index (χ2n) is 12.1. The Balaban J connectivity index is 5.58. The van der Waals surface area contributed by atoms with Gasteiger partial charge < -0.3 is 21.2 Å². The molecule has 0 aromatic carbocycles. The predicted molar refractivity (Wildman–Crippen MR) is 161 cm³/mol. The minimum atomic E-state index is -2.68. The van der Waals surface area contributed by atoms with Gasteiger partial charge in [-0.15, -0.1) is 0 Å². The van der Waals surface area contributed by atoms with Crippen molar-refractivity contribution in [3.8, 4) is 0 Å². The molecule has 0 spiro atoms. The van der Waals surface area contributed by atoms with Gasteiger partial charge in [0.2, 0.25) is 0 Å². The highest BCUT2D eigenvalue weighted by Gasteiger charge is 2.47. The fraction of sp³-hybridized carbons (Fsp3) is 0.875. The van der Waals surface area contributed by atoms with Crippen LogP contribution in [0.1, 0.15) is 52.9 Å². The largest absolute Gasteiger partial charge is 0.462 e. The van der Waals surface area contributed by atoms with Crippen molar-refractivity contribution in [2.45, 2.75) is 130 Å². The maximum atomic E-state index is 11.8. The van der Waals surface area contributed by atoms with Crippen molar-refractivity contribution >= 4 is 48.3 Å². The molecule has 0 bridgehead atoms. The smallest absolute Gasteiger partial charge is 0.333 e. The van der Waals surface area contributed by atoms with Crippen LogP contribution in [0.2, 0.25) is 77.1 Å². The Labute approximate surface area is 222 Å². The van der Waals surface area contributed by atoms with Crippen molar-refractivity contribution < 1.29 is 26.0 Å². The third-order valence-corrected chi connectivity index (χ3v) is 25.7. The summed E-state index contributed by atoms with van der Waals surface area (Å²) in [5.74, 6) is -0.348. The van der Waals surface area contributed by atoms with Gasteiger partial charge in [0.25, 0.3) is 0 Å². The monoisotopic (exact) mass is 580 g/mol.